The Labute approximate surface area is 139 Å². The van der Waals surface area contributed by atoms with Crippen LogP contribution in [0.3, 0.4) is 0 Å². The molecule has 2 aliphatic rings. The largest absolute Gasteiger partial charge is 0.501 e. The molecule has 0 bridgehead atoms. The smallest absolute Gasteiger partial charge is 0.336 e. The minimum absolute atomic E-state index is 0.0777. The van der Waals surface area contributed by atoms with Crippen LogP contribution in [0.5, 0.6) is 0 Å². The number of hydrogen-bond acceptors (Lipinski definition) is 4. The van der Waals surface area contributed by atoms with Crippen LogP contribution in [0, 0.1) is 0 Å². The van der Waals surface area contributed by atoms with E-state index in [1.807, 2.05) is 0 Å². The average molecular weight is 330 g/mol. The van der Waals surface area contributed by atoms with Crippen LogP contribution in [0.25, 0.3) is 0 Å². The first-order valence-electron chi connectivity index (χ1n) is 7.64. The van der Waals surface area contributed by atoms with Crippen LogP contribution >= 0.6 is 0 Å². The lowest BCUT2D eigenvalue weighted by Gasteiger charge is -2.42. The average Bonchev–Trinajstić information content (AvgIpc) is 2.49. The molecule has 126 valence electrons. The summed E-state index contributed by atoms with van der Waals surface area (Å²) in [6.45, 7) is 7.70. The second-order valence-corrected chi connectivity index (χ2v) is 5.95. The highest BCUT2D eigenvalue weighted by Gasteiger charge is 2.45. The maximum atomic E-state index is 11.7. The van der Waals surface area contributed by atoms with Gasteiger partial charge in [-0.2, -0.15) is 0 Å². The van der Waals surface area contributed by atoms with Crippen LogP contribution in [0.1, 0.15) is 54.8 Å². The van der Waals surface area contributed by atoms with E-state index in [0.29, 0.717) is 37.2 Å². The van der Waals surface area contributed by atoms with Gasteiger partial charge in [-0.15, -0.1) is 0 Å². The van der Waals surface area contributed by atoms with Crippen LogP contribution in [-0.4, -0.2) is 35.4 Å². The van der Waals surface area contributed by atoms with Crippen molar-refractivity contribution in [3.8, 4) is 0 Å². The second-order valence-electron chi connectivity index (χ2n) is 5.95. The molecule has 1 aromatic rings. The Bertz CT molecular complexity index is 749. The quantitative estimate of drug-likeness (QED) is 0.712. The standard InChI is InChI=1S/C18H18O6/c1-3-23-7-9-5-12-13(9)11-6-10(8-24-4-2)14(11)16(18(21)22)15(12)17(19)20/h3-4,9-10H,1-2,5-8H2,(H,19,20)(H,21,22). The highest BCUT2D eigenvalue weighted by Crippen LogP contribution is 2.51. The maximum absolute atomic E-state index is 11.7. The molecule has 0 amide bonds. The predicted octanol–water partition coefficient (Wildman–Crippen LogP) is 2.68. The highest BCUT2D eigenvalue weighted by molar-refractivity contribution is 6.06. The van der Waals surface area contributed by atoms with E-state index in [0.717, 1.165) is 11.1 Å². The van der Waals surface area contributed by atoms with Crippen molar-refractivity contribution in [2.24, 2.45) is 0 Å². The zero-order valence-corrected chi connectivity index (χ0v) is 13.1. The number of benzene rings is 1. The number of carboxylic acid groups (broad SMARTS) is 2. The van der Waals surface area contributed by atoms with Gasteiger partial charge in [0.15, 0.2) is 0 Å². The van der Waals surface area contributed by atoms with E-state index < -0.39 is 11.9 Å². The number of ether oxygens (including phenoxy) is 2. The van der Waals surface area contributed by atoms with E-state index in [2.05, 4.69) is 13.2 Å². The van der Waals surface area contributed by atoms with Crippen LogP contribution in [0.15, 0.2) is 25.7 Å². The van der Waals surface area contributed by atoms with E-state index in [9.17, 15) is 19.8 Å². The lowest BCUT2D eigenvalue weighted by Crippen LogP contribution is -2.36. The van der Waals surface area contributed by atoms with Crippen molar-refractivity contribution in [3.63, 3.8) is 0 Å². The molecule has 0 aliphatic heterocycles. The Morgan fingerprint density at radius 3 is 1.92 bits per heavy atom. The van der Waals surface area contributed by atoms with Gasteiger partial charge in [0, 0.05) is 11.8 Å². The van der Waals surface area contributed by atoms with Crippen molar-refractivity contribution >= 4 is 11.9 Å². The third-order valence-corrected chi connectivity index (χ3v) is 4.77. The van der Waals surface area contributed by atoms with Gasteiger partial charge < -0.3 is 19.7 Å². The monoisotopic (exact) mass is 330 g/mol. The molecule has 0 heterocycles. The number of carbonyl (C=O) groups is 2. The molecule has 2 N–H and O–H groups in total. The van der Waals surface area contributed by atoms with Crippen molar-refractivity contribution in [3.05, 3.63) is 59.1 Å². The zero-order chi connectivity index (χ0) is 17.4. The summed E-state index contributed by atoms with van der Waals surface area (Å²) in [6, 6.07) is 0. The Morgan fingerprint density at radius 2 is 1.42 bits per heavy atom. The Hall–Kier alpha value is -2.76. The fraction of sp³-hybridized carbons (Fsp3) is 0.333. The van der Waals surface area contributed by atoms with Crippen molar-refractivity contribution < 1.29 is 29.3 Å². The molecule has 2 aliphatic carbocycles. The van der Waals surface area contributed by atoms with E-state index >= 15 is 0 Å². The van der Waals surface area contributed by atoms with Crippen LogP contribution in [0.4, 0.5) is 0 Å². The van der Waals surface area contributed by atoms with Crippen LogP contribution in [-0.2, 0) is 22.3 Å². The number of aromatic carboxylic acids is 2. The maximum Gasteiger partial charge on any atom is 0.336 e. The minimum Gasteiger partial charge on any atom is -0.501 e. The first kappa shape index (κ1) is 16.1. The zero-order valence-electron chi connectivity index (χ0n) is 13.1. The van der Waals surface area contributed by atoms with Crippen molar-refractivity contribution in [2.45, 2.75) is 24.7 Å². The summed E-state index contributed by atoms with van der Waals surface area (Å²) in [5.74, 6) is -2.46. The molecule has 0 saturated heterocycles. The molecule has 2 atom stereocenters. The van der Waals surface area contributed by atoms with Gasteiger partial charge in [0.1, 0.15) is 0 Å². The Kier molecular flexibility index (Phi) is 4.05. The van der Waals surface area contributed by atoms with Crippen LogP contribution < -0.4 is 0 Å². The summed E-state index contributed by atoms with van der Waals surface area (Å²) < 4.78 is 10.4. The van der Waals surface area contributed by atoms with Crippen LogP contribution in [0.2, 0.25) is 0 Å². The third kappa shape index (κ3) is 2.26. The van der Waals surface area contributed by atoms with Gasteiger partial charge in [-0.25, -0.2) is 9.59 Å². The number of carboxylic acids is 2. The summed E-state index contributed by atoms with van der Waals surface area (Å²) in [4.78, 5) is 23.4. The molecule has 6 nitrogen and oxygen atoms in total. The Morgan fingerprint density at radius 1 is 0.917 bits per heavy atom. The van der Waals surface area contributed by atoms with Gasteiger partial charge in [0.2, 0.25) is 0 Å². The van der Waals surface area contributed by atoms with Crippen molar-refractivity contribution in [1.29, 1.82) is 0 Å². The molecule has 1 aromatic carbocycles. The fourth-order valence-corrected chi connectivity index (χ4v) is 3.82. The second kappa shape index (κ2) is 6.03. The minimum atomic E-state index is -1.21. The lowest BCUT2D eigenvalue weighted by molar-refractivity contribution is 0.0645. The highest BCUT2D eigenvalue weighted by atomic mass is 16.5. The topological polar surface area (TPSA) is 93.1 Å². The molecular weight excluding hydrogens is 312 g/mol. The molecule has 0 aromatic heterocycles. The molecule has 3 rings (SSSR count). The summed E-state index contributed by atoms with van der Waals surface area (Å²) >= 11 is 0. The summed E-state index contributed by atoms with van der Waals surface area (Å²) in [6.07, 6.45) is 3.84. The molecule has 0 radical (unpaired) electrons. The van der Waals surface area contributed by atoms with Gasteiger partial charge in [-0.1, -0.05) is 13.2 Å². The lowest BCUT2D eigenvalue weighted by atomic mass is 9.62. The third-order valence-electron chi connectivity index (χ3n) is 4.77. The molecule has 0 saturated carbocycles. The number of fused-ring (bicyclic) bond motifs is 3. The number of hydrogen-bond donors (Lipinski definition) is 2. The predicted molar refractivity (Wildman–Crippen MR) is 85.5 cm³/mol. The molecule has 24 heavy (non-hydrogen) atoms. The van der Waals surface area contributed by atoms with Crippen molar-refractivity contribution in [2.75, 3.05) is 13.2 Å². The van der Waals surface area contributed by atoms with Crippen molar-refractivity contribution in [1.82, 2.24) is 0 Å². The summed E-state index contributed by atoms with van der Waals surface area (Å²) in [5.41, 5.74) is 2.90. The van der Waals surface area contributed by atoms with E-state index in [1.54, 1.807) is 0 Å². The molecule has 0 fully saturated rings. The number of rotatable bonds is 8. The molecule has 2 unspecified atom stereocenters. The van der Waals surface area contributed by atoms with E-state index in [-0.39, 0.29) is 23.0 Å². The SMILES string of the molecule is C=COCC1Cc2c(C(=O)O)c(C(=O)O)c3c(c21)CC3COC=C. The van der Waals surface area contributed by atoms with E-state index in [4.69, 9.17) is 9.47 Å². The van der Waals surface area contributed by atoms with E-state index in [1.165, 1.54) is 12.5 Å². The van der Waals surface area contributed by atoms with Gasteiger partial charge in [-0.3, -0.25) is 0 Å². The van der Waals surface area contributed by atoms with Gasteiger partial charge in [0.05, 0.1) is 36.9 Å². The summed E-state index contributed by atoms with van der Waals surface area (Å²) in [7, 11) is 0. The van der Waals surface area contributed by atoms with Gasteiger partial charge in [0.25, 0.3) is 0 Å². The Balaban J connectivity index is 2.11. The van der Waals surface area contributed by atoms with Gasteiger partial charge >= 0.3 is 11.9 Å². The first-order chi connectivity index (χ1) is 11.5. The molecule has 0 spiro atoms. The van der Waals surface area contributed by atoms with Gasteiger partial charge in [-0.05, 0) is 35.1 Å². The first-order valence-corrected chi connectivity index (χ1v) is 7.64. The fourth-order valence-electron chi connectivity index (χ4n) is 3.82. The summed E-state index contributed by atoms with van der Waals surface area (Å²) in [5, 5.41) is 19.1. The molecule has 6 heteroatoms. The molecular formula is C18H18O6. The normalized spacial score (nSPS) is 19.8.